The minimum Gasteiger partial charge on any atom is -0.458 e. The number of hydrogen-bond acceptors (Lipinski definition) is 6. The Hall–Kier alpha value is -1.68. The Bertz CT molecular complexity index is 769. The fraction of sp³-hybridized carbons (Fsp3) is 0.533. The van der Waals surface area contributed by atoms with Crippen LogP contribution in [-0.2, 0) is 16.6 Å². The lowest BCUT2D eigenvalue weighted by atomic mass is 10.1. The van der Waals surface area contributed by atoms with Gasteiger partial charge in [0, 0.05) is 39.3 Å². The number of rotatable bonds is 6. The lowest BCUT2D eigenvalue weighted by molar-refractivity contribution is 0.147. The molecule has 8 nitrogen and oxygen atoms in total. The van der Waals surface area contributed by atoms with Crippen LogP contribution in [0.2, 0.25) is 0 Å². The Balaban J connectivity index is 1.61. The summed E-state index contributed by atoms with van der Waals surface area (Å²) in [6, 6.07) is 5.57. The number of furan rings is 1. The zero-order valence-electron chi connectivity index (χ0n) is 13.7. The average Bonchev–Trinajstić information content (AvgIpc) is 3.21. The summed E-state index contributed by atoms with van der Waals surface area (Å²) in [5, 5.41) is 16.9. The Morgan fingerprint density at radius 2 is 2.17 bits per heavy atom. The monoisotopic (exact) mass is 354 g/mol. The van der Waals surface area contributed by atoms with E-state index in [4.69, 9.17) is 4.42 Å². The van der Waals surface area contributed by atoms with Crippen LogP contribution < -0.4 is 0 Å². The van der Waals surface area contributed by atoms with Crippen molar-refractivity contribution in [2.75, 3.05) is 32.9 Å². The molecule has 0 radical (unpaired) electrons. The number of aliphatic hydroxyl groups excluding tert-OH is 1. The summed E-state index contributed by atoms with van der Waals surface area (Å²) in [6.45, 7) is 1.49. The second kappa shape index (κ2) is 6.67. The topological polar surface area (TPSA) is 103 Å². The summed E-state index contributed by atoms with van der Waals surface area (Å²) in [6.07, 6.45) is 1.01. The maximum Gasteiger partial charge on any atom is 0.214 e. The van der Waals surface area contributed by atoms with Gasteiger partial charge in [0.2, 0.25) is 10.0 Å². The van der Waals surface area contributed by atoms with Gasteiger partial charge in [0.1, 0.15) is 11.5 Å². The molecule has 0 spiro atoms. The highest BCUT2D eigenvalue weighted by Gasteiger charge is 2.35. The van der Waals surface area contributed by atoms with E-state index >= 15 is 0 Å². The largest absolute Gasteiger partial charge is 0.458 e. The Labute approximate surface area is 141 Å². The minimum absolute atomic E-state index is 0.0464. The fourth-order valence-corrected chi connectivity index (χ4v) is 4.04. The van der Waals surface area contributed by atoms with Crippen LogP contribution in [0.3, 0.4) is 0 Å². The van der Waals surface area contributed by atoms with E-state index in [0.717, 1.165) is 11.5 Å². The first kappa shape index (κ1) is 17.2. The summed E-state index contributed by atoms with van der Waals surface area (Å²) < 4.78 is 31.0. The normalized spacial score (nSPS) is 22.5. The van der Waals surface area contributed by atoms with Crippen LogP contribution in [0.1, 0.15) is 5.76 Å². The summed E-state index contributed by atoms with van der Waals surface area (Å²) in [7, 11) is -0.308. The zero-order valence-corrected chi connectivity index (χ0v) is 14.5. The second-order valence-corrected chi connectivity index (χ2v) is 8.55. The second-order valence-electron chi connectivity index (χ2n) is 6.32. The molecule has 0 aliphatic carbocycles. The maximum atomic E-state index is 12.0. The van der Waals surface area contributed by atoms with Crippen LogP contribution in [0.15, 0.2) is 28.8 Å². The SMILES string of the molecule is CN(C)S(=O)(=O)CC1CN(Cc2ccc(-c3ccn[nH]3)o2)CC1O. The molecule has 2 N–H and O–H groups in total. The summed E-state index contributed by atoms with van der Waals surface area (Å²) in [5.74, 6) is 1.13. The van der Waals surface area contributed by atoms with E-state index in [1.807, 2.05) is 23.1 Å². The summed E-state index contributed by atoms with van der Waals surface area (Å²) in [5.41, 5.74) is 0.803. The number of nitrogens with one attached hydrogen (secondary N) is 1. The number of nitrogens with zero attached hydrogens (tertiary/aromatic N) is 3. The van der Waals surface area contributed by atoms with Gasteiger partial charge < -0.3 is 9.52 Å². The first-order valence-corrected chi connectivity index (χ1v) is 9.35. The minimum atomic E-state index is -3.32. The van der Waals surface area contributed by atoms with Crippen LogP contribution in [0.25, 0.3) is 11.5 Å². The van der Waals surface area contributed by atoms with Crippen molar-refractivity contribution in [1.29, 1.82) is 0 Å². The molecule has 0 amide bonds. The van der Waals surface area contributed by atoms with Crippen molar-refractivity contribution in [2.45, 2.75) is 12.6 Å². The number of aromatic amines is 1. The maximum absolute atomic E-state index is 12.0. The highest BCUT2D eigenvalue weighted by Crippen LogP contribution is 2.24. The third-order valence-electron chi connectivity index (χ3n) is 4.27. The highest BCUT2D eigenvalue weighted by atomic mass is 32.2. The van der Waals surface area contributed by atoms with E-state index < -0.39 is 16.1 Å². The molecule has 0 saturated carbocycles. The number of likely N-dealkylation sites (tertiary alicyclic amines) is 1. The molecule has 1 fully saturated rings. The highest BCUT2D eigenvalue weighted by molar-refractivity contribution is 7.89. The van der Waals surface area contributed by atoms with Gasteiger partial charge in [-0.15, -0.1) is 0 Å². The molecule has 24 heavy (non-hydrogen) atoms. The van der Waals surface area contributed by atoms with Crippen molar-refractivity contribution >= 4 is 10.0 Å². The van der Waals surface area contributed by atoms with Gasteiger partial charge in [-0.05, 0) is 18.2 Å². The molecule has 2 atom stereocenters. The molecule has 2 aromatic heterocycles. The molecule has 0 aromatic carbocycles. The molecule has 2 unspecified atom stereocenters. The van der Waals surface area contributed by atoms with E-state index in [9.17, 15) is 13.5 Å². The molecule has 3 rings (SSSR count). The van der Waals surface area contributed by atoms with Crippen molar-refractivity contribution < 1.29 is 17.9 Å². The number of aliphatic hydroxyl groups is 1. The molecule has 2 aromatic rings. The van der Waals surface area contributed by atoms with Crippen LogP contribution in [0.4, 0.5) is 0 Å². The molecule has 1 aliphatic rings. The molecular weight excluding hydrogens is 332 g/mol. The van der Waals surface area contributed by atoms with Crippen LogP contribution in [0, 0.1) is 5.92 Å². The number of H-pyrrole nitrogens is 1. The molecule has 1 aliphatic heterocycles. The van der Waals surface area contributed by atoms with Gasteiger partial charge in [0.05, 0.1) is 18.4 Å². The summed E-state index contributed by atoms with van der Waals surface area (Å²) in [4.78, 5) is 2.01. The number of aromatic nitrogens is 2. The Kier molecular flexibility index (Phi) is 4.77. The first-order valence-electron chi connectivity index (χ1n) is 7.74. The van der Waals surface area contributed by atoms with Gasteiger partial charge in [-0.25, -0.2) is 12.7 Å². The fourth-order valence-electron chi connectivity index (χ4n) is 2.88. The standard InChI is InChI=1S/C15H22N4O4S/c1-18(2)24(21,22)10-11-7-19(9-14(11)20)8-12-3-4-15(23-12)13-5-6-16-17-13/h3-6,11,14,20H,7-10H2,1-2H3,(H,16,17). The Morgan fingerprint density at radius 3 is 2.83 bits per heavy atom. The summed E-state index contributed by atoms with van der Waals surface area (Å²) >= 11 is 0. The van der Waals surface area contributed by atoms with E-state index in [1.54, 1.807) is 6.20 Å². The smallest absolute Gasteiger partial charge is 0.214 e. The molecule has 3 heterocycles. The molecule has 0 bridgehead atoms. The van der Waals surface area contributed by atoms with Gasteiger partial charge in [0.25, 0.3) is 0 Å². The van der Waals surface area contributed by atoms with Crippen molar-refractivity contribution in [1.82, 2.24) is 19.4 Å². The van der Waals surface area contributed by atoms with Crippen molar-refractivity contribution in [3.63, 3.8) is 0 Å². The first-order chi connectivity index (χ1) is 11.3. The average molecular weight is 354 g/mol. The molecule has 1 saturated heterocycles. The lowest BCUT2D eigenvalue weighted by Gasteiger charge is -2.17. The predicted octanol–water partition coefficient (Wildman–Crippen LogP) is 0.354. The third-order valence-corrected chi connectivity index (χ3v) is 6.23. The van der Waals surface area contributed by atoms with E-state index in [0.29, 0.717) is 25.4 Å². The zero-order chi connectivity index (χ0) is 17.3. The Morgan fingerprint density at radius 1 is 1.38 bits per heavy atom. The van der Waals surface area contributed by atoms with Crippen molar-refractivity contribution in [3.8, 4) is 11.5 Å². The molecular formula is C15H22N4O4S. The van der Waals surface area contributed by atoms with Crippen molar-refractivity contribution in [3.05, 3.63) is 30.2 Å². The van der Waals surface area contributed by atoms with Gasteiger partial charge in [-0.3, -0.25) is 10.00 Å². The van der Waals surface area contributed by atoms with Crippen LogP contribution in [0.5, 0.6) is 0 Å². The van der Waals surface area contributed by atoms with E-state index in [1.165, 1.54) is 18.4 Å². The van der Waals surface area contributed by atoms with Crippen LogP contribution >= 0.6 is 0 Å². The molecule has 132 valence electrons. The number of β-amino-alcohol motifs (C(OH)–C–C–N with tert-alkyl or cyclic N) is 1. The van der Waals surface area contributed by atoms with Gasteiger partial charge in [0.15, 0.2) is 5.76 Å². The quantitative estimate of drug-likeness (QED) is 0.776. The third kappa shape index (κ3) is 3.69. The molecule has 9 heteroatoms. The van der Waals surface area contributed by atoms with Gasteiger partial charge >= 0.3 is 0 Å². The van der Waals surface area contributed by atoms with E-state index in [-0.39, 0.29) is 11.7 Å². The van der Waals surface area contributed by atoms with Gasteiger partial charge in [-0.2, -0.15) is 5.10 Å². The van der Waals surface area contributed by atoms with Crippen molar-refractivity contribution in [2.24, 2.45) is 5.92 Å². The van der Waals surface area contributed by atoms with Gasteiger partial charge in [-0.1, -0.05) is 0 Å². The number of hydrogen-bond donors (Lipinski definition) is 2. The number of sulfonamides is 1. The van der Waals surface area contributed by atoms with Crippen LogP contribution in [-0.4, -0.2) is 72.0 Å². The van der Waals surface area contributed by atoms with E-state index in [2.05, 4.69) is 10.2 Å². The predicted molar refractivity (Wildman–Crippen MR) is 88.5 cm³/mol. The lowest BCUT2D eigenvalue weighted by Crippen LogP contribution is -2.33.